The van der Waals surface area contributed by atoms with Gasteiger partial charge in [-0.1, -0.05) is 23.2 Å². The van der Waals surface area contributed by atoms with Crippen LogP contribution in [0.2, 0.25) is 10.0 Å². The Morgan fingerprint density at radius 2 is 2.24 bits per heavy atom. The first-order chi connectivity index (χ1) is 9.56. The molecule has 2 rings (SSSR count). The summed E-state index contributed by atoms with van der Waals surface area (Å²) < 4.78 is 5.25. The van der Waals surface area contributed by atoms with Gasteiger partial charge in [0.05, 0.1) is 22.7 Å². The van der Waals surface area contributed by atoms with Crippen LogP contribution in [0.25, 0.3) is 0 Å². The van der Waals surface area contributed by atoms with Crippen molar-refractivity contribution in [2.75, 3.05) is 26.8 Å². The Hall–Kier alpha value is -0.520. The van der Waals surface area contributed by atoms with Crippen molar-refractivity contribution in [1.29, 1.82) is 0 Å². The molecule has 0 aliphatic carbocycles. The molecule has 1 aromatic carbocycles. The summed E-state index contributed by atoms with van der Waals surface area (Å²) in [6, 6.07) is 4.85. The molecule has 1 aromatic rings. The average molecular weight is 354 g/mol. The fourth-order valence-corrected chi connectivity index (χ4v) is 2.86. The Balaban J connectivity index is 0.00000220. The van der Waals surface area contributed by atoms with Crippen molar-refractivity contribution in [3.8, 4) is 0 Å². The molecular weight excluding hydrogens is 335 g/mol. The quantitative estimate of drug-likeness (QED) is 0.856. The number of hydrogen-bond donors (Lipinski definition) is 2. The number of methoxy groups -OCH3 is 1. The zero-order valence-electron chi connectivity index (χ0n) is 11.7. The molecule has 21 heavy (non-hydrogen) atoms. The first kappa shape index (κ1) is 18.5. The minimum Gasteiger partial charge on any atom is -0.383 e. The molecule has 0 radical (unpaired) electrons. The molecule has 0 saturated carbocycles. The van der Waals surface area contributed by atoms with Crippen LogP contribution >= 0.6 is 35.6 Å². The first-order valence-electron chi connectivity index (χ1n) is 6.53. The fraction of sp³-hybridized carbons (Fsp3) is 0.500. The zero-order chi connectivity index (χ0) is 14.6. The monoisotopic (exact) mass is 352 g/mol. The van der Waals surface area contributed by atoms with Crippen LogP contribution in [0.4, 0.5) is 0 Å². The van der Waals surface area contributed by atoms with Gasteiger partial charge in [-0.2, -0.15) is 0 Å². The van der Waals surface area contributed by atoms with E-state index in [0.29, 0.717) is 28.8 Å². The number of ether oxygens (including phenoxy) is 1. The molecule has 1 atom stereocenters. The summed E-state index contributed by atoms with van der Waals surface area (Å²) in [4.78, 5) is 12.2. The molecule has 0 spiro atoms. The molecule has 0 aromatic heterocycles. The number of carbonyl (C=O) groups excluding carboxylic acids is 1. The molecule has 4 nitrogen and oxygen atoms in total. The van der Waals surface area contributed by atoms with Crippen LogP contribution in [0, 0.1) is 0 Å². The van der Waals surface area contributed by atoms with Crippen molar-refractivity contribution < 1.29 is 9.53 Å². The summed E-state index contributed by atoms with van der Waals surface area (Å²) >= 11 is 11.9. The van der Waals surface area contributed by atoms with Crippen molar-refractivity contribution in [2.45, 2.75) is 18.4 Å². The third-order valence-corrected chi connectivity index (χ3v) is 4.08. The van der Waals surface area contributed by atoms with Crippen molar-refractivity contribution in [3.63, 3.8) is 0 Å². The normalized spacial score (nSPS) is 20.9. The third kappa shape index (κ3) is 4.73. The van der Waals surface area contributed by atoms with Gasteiger partial charge in [-0.3, -0.25) is 4.79 Å². The molecule has 118 valence electrons. The lowest BCUT2D eigenvalue weighted by molar-refractivity contribution is 0.0892. The van der Waals surface area contributed by atoms with E-state index in [-0.39, 0.29) is 23.9 Å². The van der Waals surface area contributed by atoms with Gasteiger partial charge in [0.2, 0.25) is 0 Å². The smallest absolute Gasteiger partial charge is 0.252 e. The molecule has 7 heteroatoms. The number of benzene rings is 1. The molecular formula is C14H19Cl3N2O2. The molecule has 1 saturated heterocycles. The molecule has 1 heterocycles. The predicted molar refractivity (Wildman–Crippen MR) is 87.9 cm³/mol. The van der Waals surface area contributed by atoms with E-state index in [1.165, 1.54) is 0 Å². The summed E-state index contributed by atoms with van der Waals surface area (Å²) in [6.07, 6.45) is 2.06. The second-order valence-electron chi connectivity index (χ2n) is 5.05. The summed E-state index contributed by atoms with van der Waals surface area (Å²) in [6.45, 7) is 2.01. The summed E-state index contributed by atoms with van der Waals surface area (Å²) in [7, 11) is 1.66. The van der Waals surface area contributed by atoms with Gasteiger partial charge in [0, 0.05) is 18.7 Å². The summed E-state index contributed by atoms with van der Waals surface area (Å²) in [5.74, 6) is -0.221. The van der Waals surface area contributed by atoms with E-state index in [2.05, 4.69) is 10.6 Å². The number of rotatable bonds is 5. The maximum Gasteiger partial charge on any atom is 0.252 e. The third-order valence-electron chi connectivity index (χ3n) is 3.51. The van der Waals surface area contributed by atoms with E-state index in [0.717, 1.165) is 19.4 Å². The van der Waals surface area contributed by atoms with Crippen molar-refractivity contribution in [2.24, 2.45) is 0 Å². The molecule has 1 amide bonds. The van der Waals surface area contributed by atoms with E-state index in [4.69, 9.17) is 27.9 Å². The molecule has 1 aliphatic rings. The maximum atomic E-state index is 12.2. The minimum atomic E-state index is -0.221. The average Bonchev–Trinajstić information content (AvgIpc) is 2.88. The van der Waals surface area contributed by atoms with Crippen LogP contribution in [0.3, 0.4) is 0 Å². The van der Waals surface area contributed by atoms with Gasteiger partial charge >= 0.3 is 0 Å². The second-order valence-corrected chi connectivity index (χ2v) is 5.89. The van der Waals surface area contributed by atoms with Crippen molar-refractivity contribution in [3.05, 3.63) is 33.8 Å². The van der Waals surface area contributed by atoms with Gasteiger partial charge in [-0.25, -0.2) is 0 Å². The summed E-state index contributed by atoms with van der Waals surface area (Å²) in [5.41, 5.74) is 0.208. The predicted octanol–water partition coefficient (Wildman–Crippen LogP) is 2.91. The van der Waals surface area contributed by atoms with Crippen LogP contribution < -0.4 is 10.6 Å². The van der Waals surface area contributed by atoms with Crippen LogP contribution in [-0.4, -0.2) is 38.3 Å². The van der Waals surface area contributed by atoms with Gasteiger partial charge in [0.1, 0.15) is 0 Å². The number of amides is 1. The molecule has 1 unspecified atom stereocenters. The molecule has 1 aliphatic heterocycles. The lowest BCUT2D eigenvalue weighted by Crippen LogP contribution is -2.53. The Labute approximate surface area is 140 Å². The van der Waals surface area contributed by atoms with E-state index in [1.54, 1.807) is 25.3 Å². The fourth-order valence-electron chi connectivity index (χ4n) is 2.49. The first-order valence-corrected chi connectivity index (χ1v) is 7.29. The second kappa shape index (κ2) is 8.20. The highest BCUT2D eigenvalue weighted by Gasteiger charge is 2.33. The largest absolute Gasteiger partial charge is 0.383 e. The van der Waals surface area contributed by atoms with E-state index in [9.17, 15) is 4.79 Å². The molecule has 0 bridgehead atoms. The van der Waals surface area contributed by atoms with Crippen LogP contribution in [0.1, 0.15) is 23.2 Å². The molecule has 1 fully saturated rings. The Morgan fingerprint density at radius 1 is 1.48 bits per heavy atom. The lowest BCUT2D eigenvalue weighted by atomic mass is 9.98. The van der Waals surface area contributed by atoms with Crippen molar-refractivity contribution >= 4 is 41.5 Å². The van der Waals surface area contributed by atoms with Gasteiger partial charge in [0.15, 0.2) is 0 Å². The highest BCUT2D eigenvalue weighted by molar-refractivity contribution is 6.35. The van der Waals surface area contributed by atoms with Crippen LogP contribution in [-0.2, 0) is 4.74 Å². The standard InChI is InChI=1S/C14H18Cl2N2O2.ClH/c1-20-9-14(5-2-6-18-14)8-17-13(19)11-7-10(15)3-4-12(11)16;/h3-4,7,18H,2,5-6,8-9H2,1H3,(H,17,19);1H. The SMILES string of the molecule is COCC1(CNC(=O)c2cc(Cl)ccc2Cl)CCCN1.Cl. The Bertz CT molecular complexity index is 491. The summed E-state index contributed by atoms with van der Waals surface area (Å²) in [5, 5.41) is 7.20. The highest BCUT2D eigenvalue weighted by atomic mass is 35.5. The number of carbonyl (C=O) groups is 1. The Kier molecular flexibility index (Phi) is 7.24. The minimum absolute atomic E-state index is 0. The lowest BCUT2D eigenvalue weighted by Gasteiger charge is -2.29. The molecule has 2 N–H and O–H groups in total. The maximum absolute atomic E-state index is 12.2. The number of halogens is 3. The van der Waals surface area contributed by atoms with Crippen molar-refractivity contribution in [1.82, 2.24) is 10.6 Å². The van der Waals surface area contributed by atoms with E-state index in [1.807, 2.05) is 0 Å². The van der Waals surface area contributed by atoms with Gasteiger partial charge in [-0.15, -0.1) is 12.4 Å². The van der Waals surface area contributed by atoms with Crippen LogP contribution in [0.5, 0.6) is 0 Å². The van der Waals surface area contributed by atoms with Gasteiger partial charge in [0.25, 0.3) is 5.91 Å². The van der Waals surface area contributed by atoms with Gasteiger partial charge < -0.3 is 15.4 Å². The highest BCUT2D eigenvalue weighted by Crippen LogP contribution is 2.22. The Morgan fingerprint density at radius 3 is 2.86 bits per heavy atom. The van der Waals surface area contributed by atoms with E-state index >= 15 is 0 Å². The topological polar surface area (TPSA) is 50.4 Å². The zero-order valence-corrected chi connectivity index (χ0v) is 14.1. The van der Waals surface area contributed by atoms with E-state index < -0.39 is 0 Å². The number of nitrogens with one attached hydrogen (secondary N) is 2. The number of hydrogen-bond acceptors (Lipinski definition) is 3. The van der Waals surface area contributed by atoms with Gasteiger partial charge in [-0.05, 0) is 37.6 Å². The van der Waals surface area contributed by atoms with Crippen LogP contribution in [0.15, 0.2) is 18.2 Å².